The van der Waals surface area contributed by atoms with Crippen molar-refractivity contribution >= 4 is 16.5 Å². The Bertz CT molecular complexity index is 555. The molecule has 2 unspecified atom stereocenters. The van der Waals surface area contributed by atoms with Crippen LogP contribution in [0.25, 0.3) is 9.96 Å². The molecule has 2 atom stereocenters. The molecular weight excluding hydrogens is 464 g/mol. The van der Waals surface area contributed by atoms with Gasteiger partial charge in [-0.25, -0.2) is 0 Å². The van der Waals surface area contributed by atoms with Gasteiger partial charge >= 0.3 is 26.2 Å². The summed E-state index contributed by atoms with van der Waals surface area (Å²) < 4.78 is 0. The SMILES string of the molecule is CC(C)(C)[N-][Si](C)(C)C1CCC([Si](C)(C)[N-]C(C)(C)C)C1.[CH2-]c1ccccc1.[Zr+4]. The van der Waals surface area contributed by atoms with Crippen LogP contribution in [0.5, 0.6) is 0 Å². The predicted molar refractivity (Wildman–Crippen MR) is 133 cm³/mol. The van der Waals surface area contributed by atoms with Gasteiger partial charge in [0.15, 0.2) is 0 Å². The number of rotatable bonds is 4. The molecule has 0 bridgehead atoms. The van der Waals surface area contributed by atoms with Crippen LogP contribution in [0, 0.1) is 6.92 Å². The second kappa shape index (κ2) is 11.3. The second-order valence-electron chi connectivity index (χ2n) is 11.6. The summed E-state index contributed by atoms with van der Waals surface area (Å²) in [6.45, 7) is 27.1. The molecule has 2 rings (SSSR count). The maximum atomic E-state index is 5.24. The fourth-order valence-electron chi connectivity index (χ4n) is 4.65. The van der Waals surface area contributed by atoms with Crippen molar-refractivity contribution in [2.75, 3.05) is 0 Å². The van der Waals surface area contributed by atoms with Gasteiger partial charge in [-0.05, 0) is 0 Å². The van der Waals surface area contributed by atoms with Crippen LogP contribution in [-0.4, -0.2) is 27.5 Å². The van der Waals surface area contributed by atoms with Gasteiger partial charge in [-0.1, -0.05) is 121 Å². The van der Waals surface area contributed by atoms with Crippen molar-refractivity contribution in [3.8, 4) is 0 Å². The van der Waals surface area contributed by atoms with Crippen molar-refractivity contribution in [3.63, 3.8) is 0 Å². The first kappa shape index (κ1) is 29.3. The third-order valence-electron chi connectivity index (χ3n) is 5.52. The first-order valence-electron chi connectivity index (χ1n) is 10.9. The normalized spacial score (nSPS) is 20.5. The van der Waals surface area contributed by atoms with Gasteiger partial charge in [0.2, 0.25) is 0 Å². The molecule has 0 saturated heterocycles. The Morgan fingerprint density at radius 3 is 1.34 bits per heavy atom. The molecule has 0 amide bonds. The van der Waals surface area contributed by atoms with Gasteiger partial charge < -0.3 is 9.96 Å². The van der Waals surface area contributed by atoms with Crippen LogP contribution in [0.4, 0.5) is 0 Å². The fourth-order valence-corrected chi connectivity index (χ4v) is 12.2. The van der Waals surface area contributed by atoms with Crippen LogP contribution in [0.3, 0.4) is 0 Å². The summed E-state index contributed by atoms with van der Waals surface area (Å²) in [7, 11) is -2.96. The smallest absolute Gasteiger partial charge is 0.660 e. The molecule has 1 saturated carbocycles. The monoisotopic (exact) mass is 507 g/mol. The molecule has 1 aliphatic rings. The van der Waals surface area contributed by atoms with Crippen LogP contribution < -0.4 is 0 Å². The van der Waals surface area contributed by atoms with Crippen LogP contribution in [0.15, 0.2) is 30.3 Å². The molecule has 0 spiro atoms. The molecule has 0 aromatic heterocycles. The van der Waals surface area contributed by atoms with Gasteiger partial charge in [-0.3, -0.25) is 0 Å². The van der Waals surface area contributed by atoms with E-state index in [-0.39, 0.29) is 37.3 Å². The third kappa shape index (κ3) is 11.5. The van der Waals surface area contributed by atoms with Crippen molar-refractivity contribution in [2.45, 2.75) is 109 Å². The number of nitrogens with zero attached hydrogens (tertiary/aromatic N) is 2. The van der Waals surface area contributed by atoms with Gasteiger partial charge in [-0.15, -0.1) is 23.2 Å². The zero-order chi connectivity index (χ0) is 21.8. The van der Waals surface area contributed by atoms with Gasteiger partial charge in [0.05, 0.1) is 0 Å². The quantitative estimate of drug-likeness (QED) is 0.288. The Balaban J connectivity index is 0.000000824. The summed E-state index contributed by atoms with van der Waals surface area (Å²) in [6.07, 6.45) is 4.16. The Morgan fingerprint density at radius 1 is 0.759 bits per heavy atom. The van der Waals surface area contributed by atoms with Crippen LogP contribution in [-0.2, 0) is 26.2 Å². The van der Waals surface area contributed by atoms with Crippen molar-refractivity contribution < 1.29 is 26.2 Å². The minimum atomic E-state index is -1.48. The van der Waals surface area contributed by atoms with Crippen molar-refractivity contribution in [2.24, 2.45) is 0 Å². The summed E-state index contributed by atoms with van der Waals surface area (Å²) in [6, 6.07) is 9.87. The number of hydrogen-bond acceptors (Lipinski definition) is 0. The largest absolute Gasteiger partial charge is 4.00 e. The Labute approximate surface area is 203 Å². The Hall–Kier alpha value is 0.327. The van der Waals surface area contributed by atoms with Gasteiger partial charge in [-0.2, -0.15) is 24.6 Å². The molecule has 2 nitrogen and oxygen atoms in total. The standard InChI is InChI=1S/C17H38N2Si2.C7H7.Zr/c1-16(2,3)18-20(7,8)14-11-12-15(13-14)21(9,10)19-17(4,5)6;1-7-5-3-2-4-6-7;/h14-15H,11-13H2,1-10H3;2-6H,1H2;/q-2;-1;+4. The predicted octanol–water partition coefficient (Wildman–Crippen LogP) is 8.53. The maximum Gasteiger partial charge on any atom is 4.00 e. The zero-order valence-electron chi connectivity index (χ0n) is 20.8. The van der Waals surface area contributed by atoms with E-state index >= 15 is 0 Å². The molecule has 29 heavy (non-hydrogen) atoms. The topological polar surface area (TPSA) is 28.2 Å². The summed E-state index contributed by atoms with van der Waals surface area (Å²) in [4.78, 5) is 10.5. The zero-order valence-corrected chi connectivity index (χ0v) is 25.2. The Morgan fingerprint density at radius 2 is 1.10 bits per heavy atom. The summed E-state index contributed by atoms with van der Waals surface area (Å²) in [5, 5.41) is 0. The van der Waals surface area contributed by atoms with E-state index in [0.29, 0.717) is 0 Å². The van der Waals surface area contributed by atoms with Crippen LogP contribution >= 0.6 is 0 Å². The molecule has 0 heterocycles. The van der Waals surface area contributed by atoms with Crippen molar-refractivity contribution in [1.82, 2.24) is 0 Å². The van der Waals surface area contributed by atoms with Crippen molar-refractivity contribution in [1.29, 1.82) is 0 Å². The van der Waals surface area contributed by atoms with Gasteiger partial charge in [0.25, 0.3) is 0 Å². The van der Waals surface area contributed by atoms with E-state index in [1.165, 1.54) is 19.3 Å². The first-order valence-corrected chi connectivity index (χ1v) is 16.9. The van der Waals surface area contributed by atoms with E-state index in [2.05, 4.69) is 74.7 Å². The Kier molecular flexibility index (Phi) is 11.4. The van der Waals surface area contributed by atoms with Crippen LogP contribution in [0.2, 0.25) is 37.3 Å². The minimum Gasteiger partial charge on any atom is -0.660 e. The van der Waals surface area contributed by atoms with E-state index in [9.17, 15) is 0 Å². The fraction of sp³-hybridized carbons (Fsp3) is 0.708. The first-order chi connectivity index (χ1) is 12.5. The molecule has 1 aromatic carbocycles. The van der Waals surface area contributed by atoms with E-state index in [1.807, 2.05) is 30.3 Å². The van der Waals surface area contributed by atoms with E-state index in [0.717, 1.165) is 16.6 Å². The average Bonchev–Trinajstić information content (AvgIpc) is 2.95. The minimum absolute atomic E-state index is 0. The molecular formula is C24H45N2Si2Zr+. The van der Waals surface area contributed by atoms with E-state index in [4.69, 9.17) is 9.96 Å². The molecule has 1 aromatic rings. The number of hydrogen-bond donors (Lipinski definition) is 0. The van der Waals surface area contributed by atoms with Gasteiger partial charge in [0, 0.05) is 0 Å². The molecule has 1 aliphatic carbocycles. The average molecular weight is 509 g/mol. The second-order valence-corrected chi connectivity index (χ2v) is 20.3. The maximum absolute atomic E-state index is 5.24. The molecule has 5 heteroatoms. The molecule has 162 valence electrons. The summed E-state index contributed by atoms with van der Waals surface area (Å²) in [5.74, 6) is 0. The van der Waals surface area contributed by atoms with E-state index in [1.54, 1.807) is 0 Å². The molecule has 0 aliphatic heterocycles. The molecule has 1 fully saturated rings. The van der Waals surface area contributed by atoms with Gasteiger partial charge in [0.1, 0.15) is 0 Å². The van der Waals surface area contributed by atoms with Crippen LogP contribution in [0.1, 0.15) is 66.4 Å². The van der Waals surface area contributed by atoms with E-state index < -0.39 is 16.5 Å². The molecule has 0 radical (unpaired) electrons. The summed E-state index contributed by atoms with van der Waals surface area (Å²) >= 11 is 0. The third-order valence-corrected chi connectivity index (χ3v) is 13.1. The molecule has 0 N–H and O–H groups in total. The van der Waals surface area contributed by atoms with Crippen molar-refractivity contribution in [3.05, 3.63) is 52.8 Å². The number of benzene rings is 1. The summed E-state index contributed by atoms with van der Waals surface area (Å²) in [5.41, 5.74) is 3.04.